The summed E-state index contributed by atoms with van der Waals surface area (Å²) in [6.45, 7) is 0. The molecule has 0 aromatic heterocycles. The minimum absolute atomic E-state index is 0.0776. The number of benzene rings is 1. The van der Waals surface area contributed by atoms with E-state index in [1.165, 1.54) is 0 Å². The molecule has 0 bridgehead atoms. The van der Waals surface area contributed by atoms with Crippen LogP contribution in [-0.4, -0.2) is 36.4 Å². The van der Waals surface area contributed by atoms with E-state index < -0.39 is 29.2 Å². The van der Waals surface area contributed by atoms with Gasteiger partial charge in [-0.3, -0.25) is 9.59 Å². The number of hydrogen-bond acceptors (Lipinski definition) is 6. The Bertz CT molecular complexity index is 532. The molecule has 0 aliphatic rings. The van der Waals surface area contributed by atoms with Crippen molar-refractivity contribution in [1.29, 1.82) is 0 Å². The molecule has 1 amide bonds. The number of esters is 1. The quantitative estimate of drug-likeness (QED) is 0.429. The molecule has 0 saturated carbocycles. The lowest BCUT2D eigenvalue weighted by molar-refractivity contribution is -0.152. The van der Waals surface area contributed by atoms with E-state index in [0.29, 0.717) is 5.56 Å². The zero-order valence-corrected chi connectivity index (χ0v) is 11.7. The molecule has 114 valence electrons. The average Bonchev–Trinajstić information content (AvgIpc) is 2.45. The van der Waals surface area contributed by atoms with Gasteiger partial charge in [-0.15, -0.1) is 0 Å². The largest absolute Gasteiger partial charge is 0.467 e. The van der Waals surface area contributed by atoms with Crippen LogP contribution >= 0.6 is 0 Å². The highest BCUT2D eigenvalue weighted by Crippen LogP contribution is 2.16. The number of amides is 1. The fraction of sp³-hybridized carbons (Fsp3) is 0.357. The Labute approximate surface area is 122 Å². The molecule has 0 unspecified atom stereocenters. The number of hydrogen-bond donors (Lipinski definition) is 3. The van der Waals surface area contributed by atoms with E-state index in [4.69, 9.17) is 17.2 Å². The van der Waals surface area contributed by atoms with Gasteiger partial charge in [-0.25, -0.2) is 4.79 Å². The second-order valence-electron chi connectivity index (χ2n) is 4.77. The van der Waals surface area contributed by atoms with Crippen molar-refractivity contribution in [2.75, 3.05) is 7.11 Å². The van der Waals surface area contributed by atoms with E-state index in [-0.39, 0.29) is 12.8 Å². The molecule has 2 atom stereocenters. The number of methoxy groups -OCH3 is 1. The standard InChI is InChI=1S/C14H19N3O4/c1-21-13(20)14(17,8-9-5-3-2-4-6-9)12(19)10(15)7-11(16)18/h2-6,10H,7-8,15,17H2,1H3,(H2,16,18)/t10-,14+/m0/s1. The Morgan fingerprint density at radius 3 is 2.29 bits per heavy atom. The van der Waals surface area contributed by atoms with Gasteiger partial charge in [0.1, 0.15) is 0 Å². The molecule has 0 saturated heterocycles. The molecule has 6 N–H and O–H groups in total. The summed E-state index contributed by atoms with van der Waals surface area (Å²) in [6.07, 6.45) is -0.463. The van der Waals surface area contributed by atoms with E-state index >= 15 is 0 Å². The van der Waals surface area contributed by atoms with Crippen molar-refractivity contribution < 1.29 is 19.1 Å². The van der Waals surface area contributed by atoms with E-state index in [9.17, 15) is 14.4 Å². The smallest absolute Gasteiger partial charge is 0.334 e. The second-order valence-corrected chi connectivity index (χ2v) is 4.77. The van der Waals surface area contributed by atoms with E-state index in [2.05, 4.69) is 4.74 Å². The Morgan fingerprint density at radius 2 is 1.81 bits per heavy atom. The van der Waals surface area contributed by atoms with Crippen LogP contribution in [0.25, 0.3) is 0 Å². The first-order valence-electron chi connectivity index (χ1n) is 6.30. The SMILES string of the molecule is COC(=O)[C@@](N)(Cc1ccccc1)C(=O)[C@@H](N)CC(N)=O. The molecular formula is C14H19N3O4. The van der Waals surface area contributed by atoms with Gasteiger partial charge in [0, 0.05) is 12.8 Å². The maximum atomic E-state index is 12.3. The van der Waals surface area contributed by atoms with Crippen molar-refractivity contribution >= 4 is 17.7 Å². The minimum atomic E-state index is -1.95. The van der Waals surface area contributed by atoms with Gasteiger partial charge >= 0.3 is 5.97 Å². The predicted molar refractivity (Wildman–Crippen MR) is 75.9 cm³/mol. The molecule has 0 aliphatic carbocycles. The molecule has 0 heterocycles. The Kier molecular flexibility index (Phi) is 5.57. The highest BCUT2D eigenvalue weighted by Gasteiger charge is 2.45. The first-order valence-corrected chi connectivity index (χ1v) is 6.30. The zero-order valence-electron chi connectivity index (χ0n) is 11.7. The van der Waals surface area contributed by atoms with Crippen LogP contribution in [0.2, 0.25) is 0 Å². The van der Waals surface area contributed by atoms with E-state index in [1.54, 1.807) is 30.3 Å². The first kappa shape index (κ1) is 16.8. The van der Waals surface area contributed by atoms with Crippen LogP contribution in [0.3, 0.4) is 0 Å². The third-order valence-electron chi connectivity index (χ3n) is 3.07. The van der Waals surface area contributed by atoms with Crippen molar-refractivity contribution in [2.24, 2.45) is 17.2 Å². The van der Waals surface area contributed by atoms with Gasteiger partial charge in [0.15, 0.2) is 11.3 Å². The van der Waals surface area contributed by atoms with Crippen molar-refractivity contribution in [3.63, 3.8) is 0 Å². The van der Waals surface area contributed by atoms with Crippen LogP contribution in [0.5, 0.6) is 0 Å². The van der Waals surface area contributed by atoms with Crippen molar-refractivity contribution in [3.8, 4) is 0 Å². The molecule has 7 heteroatoms. The molecule has 21 heavy (non-hydrogen) atoms. The first-order chi connectivity index (χ1) is 9.81. The van der Waals surface area contributed by atoms with Gasteiger partial charge < -0.3 is 21.9 Å². The van der Waals surface area contributed by atoms with Gasteiger partial charge in [0.05, 0.1) is 13.2 Å². The molecular weight excluding hydrogens is 274 g/mol. The lowest BCUT2D eigenvalue weighted by Gasteiger charge is -2.27. The van der Waals surface area contributed by atoms with Crippen LogP contribution in [0, 0.1) is 0 Å². The van der Waals surface area contributed by atoms with Gasteiger partial charge in [0.25, 0.3) is 0 Å². The third-order valence-corrected chi connectivity index (χ3v) is 3.07. The summed E-state index contributed by atoms with van der Waals surface area (Å²) in [5.74, 6) is -2.43. The van der Waals surface area contributed by atoms with Crippen molar-refractivity contribution in [1.82, 2.24) is 0 Å². The monoisotopic (exact) mass is 293 g/mol. The molecule has 0 spiro atoms. The number of ether oxygens (including phenoxy) is 1. The average molecular weight is 293 g/mol. The summed E-state index contributed by atoms with van der Waals surface area (Å²) in [5.41, 5.74) is 15.3. The lowest BCUT2D eigenvalue weighted by atomic mass is 9.83. The predicted octanol–water partition coefficient (Wildman–Crippen LogP) is -1.13. The summed E-state index contributed by atoms with van der Waals surface area (Å²) in [7, 11) is 1.13. The normalized spacial score (nSPS) is 14.8. The summed E-state index contributed by atoms with van der Waals surface area (Å²) in [5, 5.41) is 0. The van der Waals surface area contributed by atoms with Gasteiger partial charge in [-0.1, -0.05) is 30.3 Å². The third kappa shape index (κ3) is 4.11. The summed E-state index contributed by atoms with van der Waals surface area (Å²) in [6, 6.07) is 7.48. The molecule has 7 nitrogen and oxygen atoms in total. The highest BCUT2D eigenvalue weighted by molar-refractivity contribution is 6.11. The molecule has 0 radical (unpaired) electrons. The minimum Gasteiger partial charge on any atom is -0.467 e. The van der Waals surface area contributed by atoms with E-state index in [0.717, 1.165) is 7.11 Å². The van der Waals surface area contributed by atoms with Crippen molar-refractivity contribution in [3.05, 3.63) is 35.9 Å². The van der Waals surface area contributed by atoms with E-state index in [1.807, 2.05) is 0 Å². The van der Waals surface area contributed by atoms with Crippen LogP contribution in [0.1, 0.15) is 12.0 Å². The number of ketones is 1. The molecule has 1 rings (SSSR count). The second kappa shape index (κ2) is 6.96. The van der Waals surface area contributed by atoms with Crippen LogP contribution < -0.4 is 17.2 Å². The summed E-state index contributed by atoms with van der Waals surface area (Å²) in [4.78, 5) is 35.1. The number of carbonyl (C=O) groups is 3. The molecule has 0 aliphatic heterocycles. The molecule has 1 aromatic rings. The highest BCUT2D eigenvalue weighted by atomic mass is 16.5. The lowest BCUT2D eigenvalue weighted by Crippen LogP contribution is -2.62. The Hall–Kier alpha value is -2.25. The van der Waals surface area contributed by atoms with Crippen LogP contribution in [0.15, 0.2) is 30.3 Å². The Balaban J connectivity index is 3.06. The molecule has 1 aromatic carbocycles. The van der Waals surface area contributed by atoms with Gasteiger partial charge in [-0.2, -0.15) is 0 Å². The van der Waals surface area contributed by atoms with Crippen molar-refractivity contribution in [2.45, 2.75) is 24.4 Å². The maximum Gasteiger partial charge on any atom is 0.334 e. The fourth-order valence-corrected chi connectivity index (χ4v) is 2.00. The molecule has 0 fully saturated rings. The number of primary amides is 1. The topological polar surface area (TPSA) is 138 Å². The number of Topliss-reactive ketones (excluding diaryl/α,β-unsaturated/α-hetero) is 1. The van der Waals surface area contributed by atoms with Gasteiger partial charge in [0.2, 0.25) is 5.91 Å². The van der Waals surface area contributed by atoms with Gasteiger partial charge in [-0.05, 0) is 5.56 Å². The zero-order chi connectivity index (χ0) is 16.0. The fourth-order valence-electron chi connectivity index (χ4n) is 2.00. The number of rotatable bonds is 7. The van der Waals surface area contributed by atoms with Crippen LogP contribution in [-0.2, 0) is 25.5 Å². The number of carbonyl (C=O) groups excluding carboxylic acids is 3. The maximum absolute atomic E-state index is 12.3. The summed E-state index contributed by atoms with van der Waals surface area (Å²) < 4.78 is 4.61. The Morgan fingerprint density at radius 1 is 1.24 bits per heavy atom. The number of nitrogens with two attached hydrogens (primary N) is 3. The van der Waals surface area contributed by atoms with Crippen LogP contribution in [0.4, 0.5) is 0 Å². The summed E-state index contributed by atoms with van der Waals surface area (Å²) >= 11 is 0.